The molecule has 0 aliphatic carbocycles. The average molecular weight is 425 g/mol. The average Bonchev–Trinajstić information content (AvgIpc) is 3.22. The van der Waals surface area contributed by atoms with Crippen molar-refractivity contribution in [3.63, 3.8) is 0 Å². The molecule has 0 spiro atoms. The summed E-state index contributed by atoms with van der Waals surface area (Å²) in [5.41, 5.74) is 1.95. The lowest BCUT2D eigenvalue weighted by Gasteiger charge is -2.10. The Morgan fingerprint density at radius 2 is 1.70 bits per heavy atom. The molecule has 1 aromatic heterocycles. The molecule has 0 aliphatic heterocycles. The van der Waals surface area contributed by atoms with Crippen molar-refractivity contribution in [3.8, 4) is 17.1 Å². The molecule has 0 saturated carbocycles. The number of aromatic nitrogens is 3. The number of unbranched alkanes of at least 4 members (excludes halogenated alkanes) is 1. The van der Waals surface area contributed by atoms with E-state index < -0.39 is 0 Å². The van der Waals surface area contributed by atoms with Crippen LogP contribution < -0.4 is 5.32 Å². The zero-order valence-corrected chi connectivity index (χ0v) is 18.1. The lowest BCUT2D eigenvalue weighted by molar-refractivity contribution is -0.118. The predicted molar refractivity (Wildman–Crippen MR) is 121 cm³/mol. The monoisotopic (exact) mass is 424 g/mol. The van der Waals surface area contributed by atoms with Gasteiger partial charge in [0.2, 0.25) is 5.91 Å². The fraction of sp³-hybridized carbons (Fsp3) is 0.348. The fourth-order valence-electron chi connectivity index (χ4n) is 2.88. The third kappa shape index (κ3) is 6.43. The molecule has 0 saturated heterocycles. The summed E-state index contributed by atoms with van der Waals surface area (Å²) in [5.74, 6) is 1.03. The summed E-state index contributed by atoms with van der Waals surface area (Å²) in [6.45, 7) is 4.23. The second-order valence-electron chi connectivity index (χ2n) is 6.80. The minimum atomic E-state index is -0.0163. The van der Waals surface area contributed by atoms with Gasteiger partial charge >= 0.3 is 0 Å². The van der Waals surface area contributed by atoms with Gasteiger partial charge in [0.25, 0.3) is 0 Å². The molecule has 0 fully saturated rings. The van der Waals surface area contributed by atoms with Gasteiger partial charge in [0, 0.05) is 31.0 Å². The number of para-hydroxylation sites is 1. The molecule has 3 rings (SSSR count). The van der Waals surface area contributed by atoms with Crippen molar-refractivity contribution in [3.05, 3.63) is 60.7 Å². The standard InChI is InChI=1S/C23H28N4O2S/c1-2-3-16-29-17-10-15-24-21(28)18-30-23-26-25-22(19-11-6-4-7-12-19)27(23)20-13-8-5-9-14-20/h4-9,11-14H,2-3,10,15-18H2,1H3,(H,24,28). The first-order valence-corrected chi connectivity index (χ1v) is 11.3. The second kappa shape index (κ2) is 12.1. The van der Waals surface area contributed by atoms with E-state index in [1.54, 1.807) is 0 Å². The highest BCUT2D eigenvalue weighted by molar-refractivity contribution is 7.99. The van der Waals surface area contributed by atoms with Gasteiger partial charge in [-0.05, 0) is 25.0 Å². The number of rotatable bonds is 12. The molecule has 0 radical (unpaired) electrons. The van der Waals surface area contributed by atoms with E-state index in [4.69, 9.17) is 4.74 Å². The van der Waals surface area contributed by atoms with Crippen molar-refractivity contribution < 1.29 is 9.53 Å². The minimum Gasteiger partial charge on any atom is -0.381 e. The third-order valence-electron chi connectivity index (χ3n) is 4.44. The van der Waals surface area contributed by atoms with Gasteiger partial charge in [-0.25, -0.2) is 0 Å². The number of carbonyl (C=O) groups is 1. The van der Waals surface area contributed by atoms with Crippen LogP contribution in [-0.4, -0.2) is 46.2 Å². The molecule has 2 aromatic carbocycles. The molecular formula is C23H28N4O2S. The highest BCUT2D eigenvalue weighted by Crippen LogP contribution is 2.27. The molecule has 0 atom stereocenters. The van der Waals surface area contributed by atoms with Crippen LogP contribution in [0.2, 0.25) is 0 Å². The van der Waals surface area contributed by atoms with Crippen LogP contribution in [0.4, 0.5) is 0 Å². The first-order valence-electron chi connectivity index (χ1n) is 10.3. The van der Waals surface area contributed by atoms with Crippen molar-refractivity contribution in [1.29, 1.82) is 0 Å². The van der Waals surface area contributed by atoms with Crippen molar-refractivity contribution in [2.24, 2.45) is 0 Å². The summed E-state index contributed by atoms with van der Waals surface area (Å²) in [7, 11) is 0. The van der Waals surface area contributed by atoms with Crippen LogP contribution in [0.3, 0.4) is 0 Å². The molecule has 1 N–H and O–H groups in total. The predicted octanol–water partition coefficient (Wildman–Crippen LogP) is 4.35. The molecular weight excluding hydrogens is 396 g/mol. The van der Waals surface area contributed by atoms with E-state index in [0.717, 1.165) is 42.9 Å². The summed E-state index contributed by atoms with van der Waals surface area (Å²) < 4.78 is 7.51. The Balaban J connectivity index is 1.60. The van der Waals surface area contributed by atoms with E-state index in [1.807, 2.05) is 65.2 Å². The SMILES string of the molecule is CCCCOCCCNC(=O)CSc1nnc(-c2ccccc2)n1-c1ccccc1. The lowest BCUT2D eigenvalue weighted by Crippen LogP contribution is -2.27. The van der Waals surface area contributed by atoms with Gasteiger partial charge in [0.1, 0.15) is 0 Å². The Bertz CT molecular complexity index is 900. The Hall–Kier alpha value is -2.64. The molecule has 1 amide bonds. The van der Waals surface area contributed by atoms with E-state index in [9.17, 15) is 4.79 Å². The van der Waals surface area contributed by atoms with Gasteiger partial charge in [-0.3, -0.25) is 9.36 Å². The number of nitrogens with zero attached hydrogens (tertiary/aromatic N) is 3. The maximum Gasteiger partial charge on any atom is 0.230 e. The second-order valence-corrected chi connectivity index (χ2v) is 7.74. The van der Waals surface area contributed by atoms with E-state index in [2.05, 4.69) is 22.4 Å². The summed E-state index contributed by atoms with van der Waals surface area (Å²) in [6, 6.07) is 19.9. The molecule has 1 heterocycles. The molecule has 3 aromatic rings. The fourth-order valence-corrected chi connectivity index (χ4v) is 3.66. The normalized spacial score (nSPS) is 10.8. The van der Waals surface area contributed by atoms with Gasteiger partial charge in [-0.15, -0.1) is 10.2 Å². The number of amides is 1. The molecule has 6 nitrogen and oxygen atoms in total. The Morgan fingerprint density at radius 3 is 2.43 bits per heavy atom. The van der Waals surface area contributed by atoms with Crippen LogP contribution in [0, 0.1) is 0 Å². The zero-order chi connectivity index (χ0) is 21.0. The summed E-state index contributed by atoms with van der Waals surface area (Å²) >= 11 is 1.39. The Labute approximate surface area is 182 Å². The van der Waals surface area contributed by atoms with Gasteiger partial charge in [0.15, 0.2) is 11.0 Å². The first-order chi connectivity index (χ1) is 14.8. The van der Waals surface area contributed by atoms with Crippen molar-refractivity contribution in [2.75, 3.05) is 25.5 Å². The summed E-state index contributed by atoms with van der Waals surface area (Å²) in [6.07, 6.45) is 3.03. The van der Waals surface area contributed by atoms with Crippen LogP contribution in [0.5, 0.6) is 0 Å². The van der Waals surface area contributed by atoms with Crippen LogP contribution in [0.25, 0.3) is 17.1 Å². The number of hydrogen-bond acceptors (Lipinski definition) is 5. The van der Waals surface area contributed by atoms with Gasteiger partial charge in [-0.2, -0.15) is 0 Å². The number of benzene rings is 2. The number of thioether (sulfide) groups is 1. The molecule has 7 heteroatoms. The van der Waals surface area contributed by atoms with Crippen molar-refractivity contribution in [2.45, 2.75) is 31.3 Å². The summed E-state index contributed by atoms with van der Waals surface area (Å²) in [4.78, 5) is 12.2. The minimum absolute atomic E-state index is 0.0163. The lowest BCUT2D eigenvalue weighted by atomic mass is 10.2. The molecule has 0 aliphatic rings. The third-order valence-corrected chi connectivity index (χ3v) is 5.37. The quantitative estimate of drug-likeness (QED) is 0.346. The van der Waals surface area contributed by atoms with Crippen molar-refractivity contribution in [1.82, 2.24) is 20.1 Å². The van der Waals surface area contributed by atoms with Gasteiger partial charge < -0.3 is 10.1 Å². The number of carbonyl (C=O) groups excluding carboxylic acids is 1. The van der Waals surface area contributed by atoms with E-state index in [0.29, 0.717) is 18.3 Å². The first kappa shape index (κ1) is 22.1. The van der Waals surface area contributed by atoms with Gasteiger partial charge in [-0.1, -0.05) is 73.6 Å². The van der Waals surface area contributed by atoms with Gasteiger partial charge in [0.05, 0.1) is 5.75 Å². The van der Waals surface area contributed by atoms with Crippen LogP contribution in [0.1, 0.15) is 26.2 Å². The Kier molecular flexibility index (Phi) is 8.93. The highest BCUT2D eigenvalue weighted by atomic mass is 32.2. The maximum absolute atomic E-state index is 12.2. The van der Waals surface area contributed by atoms with E-state index in [-0.39, 0.29) is 11.7 Å². The Morgan fingerprint density at radius 1 is 1.00 bits per heavy atom. The highest BCUT2D eigenvalue weighted by Gasteiger charge is 2.16. The van der Waals surface area contributed by atoms with Crippen LogP contribution in [0.15, 0.2) is 65.8 Å². The molecule has 30 heavy (non-hydrogen) atoms. The number of nitrogens with one attached hydrogen (secondary N) is 1. The largest absolute Gasteiger partial charge is 0.381 e. The van der Waals surface area contributed by atoms with E-state index >= 15 is 0 Å². The topological polar surface area (TPSA) is 69.0 Å². The van der Waals surface area contributed by atoms with Crippen LogP contribution >= 0.6 is 11.8 Å². The smallest absolute Gasteiger partial charge is 0.230 e. The van der Waals surface area contributed by atoms with Crippen LogP contribution in [-0.2, 0) is 9.53 Å². The van der Waals surface area contributed by atoms with Crippen molar-refractivity contribution >= 4 is 17.7 Å². The zero-order valence-electron chi connectivity index (χ0n) is 17.3. The number of hydrogen-bond donors (Lipinski definition) is 1. The van der Waals surface area contributed by atoms with E-state index in [1.165, 1.54) is 11.8 Å². The number of ether oxygens (including phenoxy) is 1. The molecule has 0 bridgehead atoms. The summed E-state index contributed by atoms with van der Waals surface area (Å²) in [5, 5.41) is 12.4. The molecule has 158 valence electrons. The maximum atomic E-state index is 12.2. The molecule has 0 unspecified atom stereocenters.